The summed E-state index contributed by atoms with van der Waals surface area (Å²) in [4.78, 5) is 17.5. The zero-order valence-electron chi connectivity index (χ0n) is 13.6. The zero-order valence-corrected chi connectivity index (χ0v) is 15.2. The number of anilines is 1. The predicted octanol–water partition coefficient (Wildman–Crippen LogP) is 3.47. The van der Waals surface area contributed by atoms with Gasteiger partial charge in [0, 0.05) is 44.4 Å². The molecule has 0 bridgehead atoms. The van der Waals surface area contributed by atoms with Crippen molar-refractivity contribution in [2.24, 2.45) is 0 Å². The third kappa shape index (κ3) is 3.36. The molecule has 2 aliphatic rings. The molecule has 1 spiro atoms. The number of benzene rings is 1. The number of likely N-dealkylation sites (tertiary alicyclic amines) is 1. The number of amides is 1. The fourth-order valence-electron chi connectivity index (χ4n) is 3.53. The van der Waals surface area contributed by atoms with Crippen LogP contribution in [0, 0.1) is 5.95 Å². The van der Waals surface area contributed by atoms with Crippen molar-refractivity contribution >= 4 is 34.0 Å². The average molecular weight is 382 g/mol. The summed E-state index contributed by atoms with van der Waals surface area (Å²) in [6, 6.07) is 5.71. The second-order valence-corrected chi connectivity index (χ2v) is 8.11. The summed E-state index contributed by atoms with van der Waals surface area (Å²) in [5, 5.41) is 3.54. The van der Waals surface area contributed by atoms with E-state index in [1.165, 1.54) is 18.3 Å². The molecule has 2 aliphatic heterocycles. The predicted molar refractivity (Wildman–Crippen MR) is 94.8 cm³/mol. The summed E-state index contributed by atoms with van der Waals surface area (Å²) in [6.45, 7) is 3.40. The van der Waals surface area contributed by atoms with Gasteiger partial charge < -0.3 is 10.1 Å². The number of hydrogen-bond donors (Lipinski definition) is 1. The Balaban J connectivity index is 1.44. The van der Waals surface area contributed by atoms with Crippen molar-refractivity contribution in [3.63, 3.8) is 0 Å². The van der Waals surface area contributed by atoms with Crippen LogP contribution in [-0.4, -0.2) is 34.5 Å². The van der Waals surface area contributed by atoms with E-state index in [0.717, 1.165) is 37.2 Å². The molecule has 1 N–H and O–H groups in total. The fourth-order valence-corrected chi connectivity index (χ4v) is 4.66. The van der Waals surface area contributed by atoms with Gasteiger partial charge in [-0.15, -0.1) is 0 Å². The van der Waals surface area contributed by atoms with E-state index in [9.17, 15) is 9.18 Å². The van der Waals surface area contributed by atoms with E-state index in [-0.39, 0.29) is 11.5 Å². The Kier molecular flexibility index (Phi) is 4.17. The first kappa shape index (κ1) is 16.8. The lowest BCUT2D eigenvalue weighted by Crippen LogP contribution is -2.37. The van der Waals surface area contributed by atoms with Gasteiger partial charge in [-0.25, -0.2) is 0 Å². The van der Waals surface area contributed by atoms with Crippen LogP contribution in [0.5, 0.6) is 5.75 Å². The first-order valence-electron chi connectivity index (χ1n) is 8.05. The van der Waals surface area contributed by atoms with Gasteiger partial charge in [-0.1, -0.05) is 22.9 Å². The summed E-state index contributed by atoms with van der Waals surface area (Å²) in [6.07, 6.45) is 1.71. The van der Waals surface area contributed by atoms with Gasteiger partial charge in [0.15, 0.2) is 5.13 Å². The van der Waals surface area contributed by atoms with Crippen molar-refractivity contribution in [1.82, 2.24) is 9.88 Å². The summed E-state index contributed by atoms with van der Waals surface area (Å²) in [7, 11) is 0. The fraction of sp³-hybridized carbons (Fsp3) is 0.412. The van der Waals surface area contributed by atoms with Gasteiger partial charge in [-0.2, -0.15) is 9.37 Å². The van der Waals surface area contributed by atoms with Crippen LogP contribution >= 0.6 is 22.9 Å². The maximum absolute atomic E-state index is 14.0. The van der Waals surface area contributed by atoms with Crippen LogP contribution in [0.3, 0.4) is 0 Å². The minimum Gasteiger partial charge on any atom is -0.485 e. The van der Waals surface area contributed by atoms with Gasteiger partial charge in [-0.3, -0.25) is 9.69 Å². The van der Waals surface area contributed by atoms with E-state index in [4.69, 9.17) is 16.3 Å². The van der Waals surface area contributed by atoms with Crippen molar-refractivity contribution < 1.29 is 13.9 Å². The SMILES string of the molecule is CC(=O)Nc1nc(F)c(CN2CCC3(Cc4cc(Cl)ccc4O3)C2)s1. The maximum atomic E-state index is 14.0. The van der Waals surface area contributed by atoms with E-state index < -0.39 is 5.95 Å². The second-order valence-electron chi connectivity index (χ2n) is 6.59. The van der Waals surface area contributed by atoms with E-state index in [1.807, 2.05) is 18.2 Å². The van der Waals surface area contributed by atoms with E-state index in [1.54, 1.807) is 0 Å². The molecule has 1 fully saturated rings. The summed E-state index contributed by atoms with van der Waals surface area (Å²) in [5.74, 6) is 0.122. The van der Waals surface area contributed by atoms with Crippen LogP contribution in [0.15, 0.2) is 18.2 Å². The number of aromatic nitrogens is 1. The number of nitrogens with zero attached hydrogens (tertiary/aromatic N) is 2. The number of carbonyl (C=O) groups excluding carboxylic acids is 1. The number of fused-ring (bicyclic) bond motifs is 1. The molecule has 25 heavy (non-hydrogen) atoms. The van der Waals surface area contributed by atoms with Gasteiger partial charge in [0.05, 0.1) is 4.88 Å². The topological polar surface area (TPSA) is 54.5 Å². The normalized spacial score (nSPS) is 22.2. The Bertz CT molecular complexity index is 843. The molecule has 5 nitrogen and oxygen atoms in total. The molecule has 3 heterocycles. The van der Waals surface area contributed by atoms with Gasteiger partial charge in [-0.05, 0) is 23.8 Å². The lowest BCUT2D eigenvalue weighted by atomic mass is 9.96. The Morgan fingerprint density at radius 1 is 1.56 bits per heavy atom. The third-order valence-electron chi connectivity index (χ3n) is 4.56. The van der Waals surface area contributed by atoms with Gasteiger partial charge in [0.1, 0.15) is 11.4 Å². The van der Waals surface area contributed by atoms with Crippen LogP contribution in [0.25, 0.3) is 0 Å². The first-order chi connectivity index (χ1) is 11.9. The molecule has 1 unspecified atom stereocenters. The van der Waals surface area contributed by atoms with Crippen LogP contribution in [0.4, 0.5) is 9.52 Å². The molecule has 0 radical (unpaired) electrons. The number of nitrogens with one attached hydrogen (secondary N) is 1. The van der Waals surface area contributed by atoms with Crippen LogP contribution < -0.4 is 10.1 Å². The Labute approximate surface area is 153 Å². The molecule has 8 heteroatoms. The maximum Gasteiger partial charge on any atom is 0.230 e. The zero-order chi connectivity index (χ0) is 17.6. The van der Waals surface area contributed by atoms with Crippen molar-refractivity contribution in [3.05, 3.63) is 39.6 Å². The number of rotatable bonds is 3. The highest BCUT2D eigenvalue weighted by atomic mass is 35.5. The molecule has 0 saturated carbocycles. The number of thiazole rings is 1. The summed E-state index contributed by atoms with van der Waals surface area (Å²) in [5.41, 5.74) is 0.875. The Morgan fingerprint density at radius 2 is 2.40 bits per heavy atom. The van der Waals surface area contributed by atoms with Crippen LogP contribution in [-0.2, 0) is 17.8 Å². The average Bonchev–Trinajstić information content (AvgIpc) is 3.17. The number of hydrogen-bond acceptors (Lipinski definition) is 5. The van der Waals surface area contributed by atoms with Gasteiger partial charge in [0.25, 0.3) is 0 Å². The molecule has 1 aromatic carbocycles. The summed E-state index contributed by atoms with van der Waals surface area (Å²) < 4.78 is 20.2. The molecule has 1 atom stereocenters. The van der Waals surface area contributed by atoms with Crippen molar-refractivity contribution in [1.29, 1.82) is 0 Å². The highest BCUT2D eigenvalue weighted by molar-refractivity contribution is 7.15. The molecule has 1 amide bonds. The Morgan fingerprint density at radius 3 is 3.20 bits per heavy atom. The Hall–Kier alpha value is -1.70. The molecule has 0 aliphatic carbocycles. The third-order valence-corrected chi connectivity index (χ3v) is 5.72. The molecule has 132 valence electrons. The minimum absolute atomic E-state index is 0.254. The van der Waals surface area contributed by atoms with Gasteiger partial charge >= 0.3 is 0 Å². The minimum atomic E-state index is -0.517. The number of ether oxygens (including phenoxy) is 1. The van der Waals surface area contributed by atoms with Crippen LogP contribution in [0.2, 0.25) is 5.02 Å². The standard InChI is InChI=1S/C17H17ClFN3O2S/c1-10(23)20-16-21-15(19)14(25-16)8-22-5-4-17(9-22)7-11-6-12(18)2-3-13(11)24-17/h2-3,6H,4-5,7-9H2,1H3,(H,20,21,23). The molecule has 2 aromatic rings. The van der Waals surface area contributed by atoms with Crippen molar-refractivity contribution in [2.75, 3.05) is 18.4 Å². The van der Waals surface area contributed by atoms with Crippen molar-refractivity contribution in [2.45, 2.75) is 31.9 Å². The largest absolute Gasteiger partial charge is 0.485 e. The van der Waals surface area contributed by atoms with Crippen LogP contribution in [0.1, 0.15) is 23.8 Å². The molecular formula is C17H17ClFN3O2S. The first-order valence-corrected chi connectivity index (χ1v) is 9.24. The molecule has 1 aromatic heterocycles. The van der Waals surface area contributed by atoms with E-state index in [2.05, 4.69) is 15.2 Å². The van der Waals surface area contributed by atoms with E-state index in [0.29, 0.717) is 21.6 Å². The summed E-state index contributed by atoms with van der Waals surface area (Å²) >= 11 is 7.24. The number of carbonyl (C=O) groups is 1. The van der Waals surface area contributed by atoms with Gasteiger partial charge in [0.2, 0.25) is 11.9 Å². The van der Waals surface area contributed by atoms with E-state index >= 15 is 0 Å². The highest BCUT2D eigenvalue weighted by Crippen LogP contribution is 2.42. The molecular weight excluding hydrogens is 365 g/mol. The van der Waals surface area contributed by atoms with Crippen molar-refractivity contribution in [3.8, 4) is 5.75 Å². The quantitative estimate of drug-likeness (QED) is 0.884. The highest BCUT2D eigenvalue weighted by Gasteiger charge is 2.45. The lowest BCUT2D eigenvalue weighted by Gasteiger charge is -2.23. The molecule has 1 saturated heterocycles. The lowest BCUT2D eigenvalue weighted by molar-refractivity contribution is -0.114. The number of halogens is 2. The monoisotopic (exact) mass is 381 g/mol. The molecule has 4 rings (SSSR count). The smallest absolute Gasteiger partial charge is 0.230 e. The second kappa shape index (κ2) is 6.23.